The van der Waals surface area contributed by atoms with E-state index in [-0.39, 0.29) is 19.3 Å². The van der Waals surface area contributed by atoms with Crippen LogP contribution in [-0.2, 0) is 14.8 Å². The standard InChI is InChI=1S/C25H26N2O6S/c1-18(25(28)26-16-22-17-31-23-10-6-7-11-24(23)33-22)27(34(2,29)30)19-12-14-21(15-13-19)32-20-8-4-3-5-9-20/h3-15,18,22H,16-17H2,1-2H3,(H,26,28)/t18-,22+/m0/s1. The number of carbonyl (C=O) groups excluding carboxylic acids is 1. The zero-order valence-electron chi connectivity index (χ0n) is 18.9. The third kappa shape index (κ3) is 5.60. The molecule has 0 bridgehead atoms. The summed E-state index contributed by atoms with van der Waals surface area (Å²) < 4.78 is 43.5. The van der Waals surface area contributed by atoms with E-state index >= 15 is 0 Å². The molecule has 2 atom stereocenters. The Labute approximate surface area is 199 Å². The molecule has 1 heterocycles. The first-order valence-corrected chi connectivity index (χ1v) is 12.6. The van der Waals surface area contributed by atoms with Crippen LogP contribution in [-0.4, -0.2) is 45.9 Å². The third-order valence-electron chi connectivity index (χ3n) is 5.23. The van der Waals surface area contributed by atoms with Gasteiger partial charge >= 0.3 is 0 Å². The summed E-state index contributed by atoms with van der Waals surface area (Å²) in [6, 6.07) is 22.1. The highest BCUT2D eigenvalue weighted by Crippen LogP contribution is 2.31. The summed E-state index contributed by atoms with van der Waals surface area (Å²) in [5, 5.41) is 2.77. The van der Waals surface area contributed by atoms with E-state index in [0.717, 1.165) is 10.6 Å². The Bertz CT molecular complexity index is 1230. The summed E-state index contributed by atoms with van der Waals surface area (Å²) in [7, 11) is -3.74. The van der Waals surface area contributed by atoms with Crippen molar-refractivity contribution in [3.63, 3.8) is 0 Å². The van der Waals surface area contributed by atoms with E-state index in [1.165, 1.54) is 6.92 Å². The van der Waals surface area contributed by atoms with Gasteiger partial charge in [0, 0.05) is 0 Å². The zero-order chi connectivity index (χ0) is 24.1. The average Bonchev–Trinajstić information content (AvgIpc) is 2.83. The monoisotopic (exact) mass is 482 g/mol. The molecule has 0 saturated carbocycles. The first-order valence-electron chi connectivity index (χ1n) is 10.8. The Morgan fingerprint density at radius 3 is 2.29 bits per heavy atom. The summed E-state index contributed by atoms with van der Waals surface area (Å²) in [5.74, 6) is 2.03. The number of sulfonamides is 1. The molecule has 1 aliphatic heterocycles. The van der Waals surface area contributed by atoms with Gasteiger partial charge in [0.2, 0.25) is 15.9 Å². The van der Waals surface area contributed by atoms with Gasteiger partial charge in [-0.25, -0.2) is 8.42 Å². The van der Waals surface area contributed by atoms with Gasteiger partial charge in [-0.3, -0.25) is 9.10 Å². The van der Waals surface area contributed by atoms with Gasteiger partial charge in [-0.2, -0.15) is 0 Å². The largest absolute Gasteiger partial charge is 0.486 e. The number of para-hydroxylation sites is 3. The molecule has 3 aromatic rings. The van der Waals surface area contributed by atoms with Gasteiger partial charge in [-0.1, -0.05) is 30.3 Å². The van der Waals surface area contributed by atoms with E-state index < -0.39 is 22.0 Å². The van der Waals surface area contributed by atoms with Gasteiger partial charge in [0.25, 0.3) is 0 Å². The first-order chi connectivity index (χ1) is 16.3. The van der Waals surface area contributed by atoms with Crippen LogP contribution in [0, 0.1) is 0 Å². The number of benzene rings is 3. The zero-order valence-corrected chi connectivity index (χ0v) is 19.7. The Morgan fingerprint density at radius 1 is 1.00 bits per heavy atom. The molecule has 1 amide bonds. The van der Waals surface area contributed by atoms with Crippen molar-refractivity contribution < 1.29 is 27.4 Å². The van der Waals surface area contributed by atoms with E-state index in [9.17, 15) is 13.2 Å². The lowest BCUT2D eigenvalue weighted by Gasteiger charge is -2.30. The fourth-order valence-corrected chi connectivity index (χ4v) is 4.80. The SMILES string of the molecule is C[C@@H](C(=O)NC[C@@H]1COc2ccccc2O1)N(c1ccc(Oc2ccccc2)cc1)S(C)(=O)=O. The fourth-order valence-electron chi connectivity index (χ4n) is 3.62. The molecule has 1 N–H and O–H groups in total. The van der Waals surface area contributed by atoms with Crippen molar-refractivity contribution in [3.8, 4) is 23.0 Å². The van der Waals surface area contributed by atoms with Crippen molar-refractivity contribution in [1.29, 1.82) is 0 Å². The number of anilines is 1. The highest BCUT2D eigenvalue weighted by molar-refractivity contribution is 7.92. The minimum atomic E-state index is -3.74. The summed E-state index contributed by atoms with van der Waals surface area (Å²) in [5.41, 5.74) is 0.358. The number of nitrogens with one attached hydrogen (secondary N) is 1. The Morgan fingerprint density at radius 2 is 1.62 bits per heavy atom. The fraction of sp³-hybridized carbons (Fsp3) is 0.240. The lowest BCUT2D eigenvalue weighted by molar-refractivity contribution is -0.122. The second kappa shape index (κ2) is 10.0. The van der Waals surface area contributed by atoms with E-state index in [0.29, 0.717) is 28.7 Å². The van der Waals surface area contributed by atoms with E-state index in [4.69, 9.17) is 14.2 Å². The predicted octanol–water partition coefficient (Wildman–Crippen LogP) is 3.59. The van der Waals surface area contributed by atoms with Crippen molar-refractivity contribution in [2.75, 3.05) is 23.7 Å². The number of ether oxygens (including phenoxy) is 3. The van der Waals surface area contributed by atoms with Crippen molar-refractivity contribution in [2.24, 2.45) is 0 Å². The Kier molecular flexibility index (Phi) is 6.93. The topological polar surface area (TPSA) is 94.2 Å². The van der Waals surface area contributed by atoms with Crippen molar-refractivity contribution in [1.82, 2.24) is 5.32 Å². The summed E-state index contributed by atoms with van der Waals surface area (Å²) in [6.07, 6.45) is 0.687. The summed E-state index contributed by atoms with van der Waals surface area (Å²) in [4.78, 5) is 12.9. The van der Waals surface area contributed by atoms with E-state index in [1.807, 2.05) is 48.5 Å². The van der Waals surface area contributed by atoms with Crippen molar-refractivity contribution in [2.45, 2.75) is 19.1 Å². The molecule has 8 nitrogen and oxygen atoms in total. The van der Waals surface area contributed by atoms with Gasteiger partial charge in [0.15, 0.2) is 11.5 Å². The minimum Gasteiger partial charge on any atom is -0.486 e. The molecular formula is C25H26N2O6S. The molecule has 0 saturated heterocycles. The summed E-state index contributed by atoms with van der Waals surface area (Å²) >= 11 is 0. The number of nitrogens with zero attached hydrogens (tertiary/aromatic N) is 1. The average molecular weight is 483 g/mol. The number of hydrogen-bond donors (Lipinski definition) is 1. The van der Waals surface area contributed by atoms with Crippen molar-refractivity contribution >= 4 is 21.6 Å². The van der Waals surface area contributed by atoms with Crippen LogP contribution >= 0.6 is 0 Å². The molecule has 0 spiro atoms. The number of rotatable bonds is 8. The second-order valence-electron chi connectivity index (χ2n) is 7.89. The number of hydrogen-bond acceptors (Lipinski definition) is 6. The lowest BCUT2D eigenvalue weighted by atomic mass is 10.2. The van der Waals surface area contributed by atoms with Gasteiger partial charge < -0.3 is 19.5 Å². The van der Waals surface area contributed by atoms with Gasteiger partial charge in [0.05, 0.1) is 18.5 Å². The molecular weight excluding hydrogens is 456 g/mol. The van der Waals surface area contributed by atoms with Gasteiger partial charge in [-0.05, 0) is 55.5 Å². The van der Waals surface area contributed by atoms with Crippen LogP contribution < -0.4 is 23.8 Å². The molecule has 3 aromatic carbocycles. The predicted molar refractivity (Wildman–Crippen MR) is 129 cm³/mol. The van der Waals surface area contributed by atoms with Gasteiger partial charge in [0.1, 0.15) is 30.3 Å². The number of carbonyl (C=O) groups is 1. The maximum absolute atomic E-state index is 12.9. The maximum atomic E-state index is 12.9. The maximum Gasteiger partial charge on any atom is 0.243 e. The Balaban J connectivity index is 1.41. The summed E-state index contributed by atoms with van der Waals surface area (Å²) in [6.45, 7) is 2.00. The smallest absolute Gasteiger partial charge is 0.243 e. The third-order valence-corrected chi connectivity index (χ3v) is 6.47. The number of amides is 1. The van der Waals surface area contributed by atoms with Crippen LogP contribution in [0.5, 0.6) is 23.0 Å². The molecule has 0 fully saturated rings. The molecule has 0 unspecified atom stereocenters. The molecule has 178 valence electrons. The highest BCUT2D eigenvalue weighted by Gasteiger charge is 2.30. The highest BCUT2D eigenvalue weighted by atomic mass is 32.2. The molecule has 1 aliphatic rings. The molecule has 0 aliphatic carbocycles. The quantitative estimate of drug-likeness (QED) is 0.527. The molecule has 9 heteroatoms. The van der Waals surface area contributed by atoms with E-state index in [1.54, 1.807) is 30.3 Å². The second-order valence-corrected chi connectivity index (χ2v) is 9.75. The molecule has 4 rings (SSSR count). The molecule has 34 heavy (non-hydrogen) atoms. The Hall–Kier alpha value is -3.72. The van der Waals surface area contributed by atoms with Crippen LogP contribution in [0.1, 0.15) is 6.92 Å². The van der Waals surface area contributed by atoms with E-state index in [2.05, 4.69) is 5.32 Å². The molecule has 0 radical (unpaired) electrons. The van der Waals surface area contributed by atoms with Crippen molar-refractivity contribution in [3.05, 3.63) is 78.9 Å². The van der Waals surface area contributed by atoms with Crippen LogP contribution in [0.2, 0.25) is 0 Å². The lowest BCUT2D eigenvalue weighted by Crippen LogP contribution is -2.50. The van der Waals surface area contributed by atoms with Crippen LogP contribution in [0.25, 0.3) is 0 Å². The molecule has 0 aromatic heterocycles. The first kappa shape index (κ1) is 23.4. The van der Waals surface area contributed by atoms with Crippen LogP contribution in [0.15, 0.2) is 78.9 Å². The van der Waals surface area contributed by atoms with Crippen LogP contribution in [0.3, 0.4) is 0 Å². The van der Waals surface area contributed by atoms with Gasteiger partial charge in [-0.15, -0.1) is 0 Å². The van der Waals surface area contributed by atoms with Crippen LogP contribution in [0.4, 0.5) is 5.69 Å². The number of fused-ring (bicyclic) bond motifs is 1. The minimum absolute atomic E-state index is 0.180. The normalized spacial score (nSPS) is 15.8.